The molecule has 1 amide bonds. The van der Waals surface area contributed by atoms with Crippen molar-refractivity contribution >= 4 is 43.2 Å². The highest BCUT2D eigenvalue weighted by Gasteiger charge is 2.18. The van der Waals surface area contributed by atoms with Crippen molar-refractivity contribution in [2.75, 3.05) is 31.3 Å². The van der Waals surface area contributed by atoms with Gasteiger partial charge in [0.15, 0.2) is 0 Å². The predicted octanol–water partition coefficient (Wildman–Crippen LogP) is 3.37. The van der Waals surface area contributed by atoms with E-state index in [2.05, 4.69) is 26.6 Å². The van der Waals surface area contributed by atoms with Gasteiger partial charge < -0.3 is 10.6 Å². The van der Waals surface area contributed by atoms with Crippen LogP contribution in [0.4, 0.5) is 11.4 Å². The molecule has 6 nitrogen and oxygen atoms in total. The second-order valence-corrected chi connectivity index (χ2v) is 9.14. The first kappa shape index (κ1) is 20.4. The zero-order valence-electron chi connectivity index (χ0n) is 15.1. The number of nitrogens with one attached hydrogen (secondary N) is 2. The summed E-state index contributed by atoms with van der Waals surface area (Å²) in [6, 6.07) is 10.4. The van der Waals surface area contributed by atoms with Crippen molar-refractivity contribution in [1.29, 1.82) is 0 Å². The Balaban J connectivity index is 2.09. The summed E-state index contributed by atoms with van der Waals surface area (Å²) < 4.78 is 26.6. The lowest BCUT2D eigenvalue weighted by molar-refractivity contribution is -0.114. The maximum Gasteiger partial charge on any atom is 0.243 e. The van der Waals surface area contributed by atoms with Gasteiger partial charge in [-0.25, -0.2) is 12.7 Å². The largest absolute Gasteiger partial charge is 0.376 e. The van der Waals surface area contributed by atoms with Crippen molar-refractivity contribution in [3.8, 4) is 0 Å². The van der Waals surface area contributed by atoms with Crippen molar-refractivity contribution < 1.29 is 13.2 Å². The van der Waals surface area contributed by atoms with Crippen LogP contribution < -0.4 is 10.6 Å². The highest BCUT2D eigenvalue weighted by atomic mass is 79.9. The first-order valence-electron chi connectivity index (χ1n) is 7.94. The van der Waals surface area contributed by atoms with Crippen molar-refractivity contribution in [3.05, 3.63) is 52.0 Å². The van der Waals surface area contributed by atoms with Gasteiger partial charge in [-0.1, -0.05) is 22.0 Å². The molecule has 0 aliphatic carbocycles. The van der Waals surface area contributed by atoms with Crippen LogP contribution in [-0.2, 0) is 14.8 Å². The first-order chi connectivity index (χ1) is 12.1. The van der Waals surface area contributed by atoms with Crippen LogP contribution in [0, 0.1) is 13.8 Å². The average molecular weight is 440 g/mol. The van der Waals surface area contributed by atoms with E-state index >= 15 is 0 Å². The second-order valence-electron chi connectivity index (χ2n) is 6.13. The minimum Gasteiger partial charge on any atom is -0.376 e. The summed E-state index contributed by atoms with van der Waals surface area (Å²) in [5.74, 6) is -0.216. The topological polar surface area (TPSA) is 78.5 Å². The number of hydrogen-bond acceptors (Lipinski definition) is 4. The molecule has 0 aromatic heterocycles. The Labute approximate surface area is 162 Å². The van der Waals surface area contributed by atoms with Crippen LogP contribution in [0.25, 0.3) is 0 Å². The van der Waals surface area contributed by atoms with E-state index in [4.69, 9.17) is 0 Å². The number of rotatable bonds is 6. The highest BCUT2D eigenvalue weighted by Crippen LogP contribution is 2.22. The molecule has 2 rings (SSSR count). The van der Waals surface area contributed by atoms with Crippen LogP contribution in [0.1, 0.15) is 11.1 Å². The second kappa shape index (κ2) is 8.20. The number of halogens is 1. The van der Waals surface area contributed by atoms with Crippen LogP contribution in [0.5, 0.6) is 0 Å². The monoisotopic (exact) mass is 439 g/mol. The number of hydrogen-bond donors (Lipinski definition) is 2. The Bertz CT molecular complexity index is 927. The SMILES string of the molecule is Cc1cc(NC(=O)CNc2cc(S(=O)(=O)N(C)C)ccc2C)ccc1Br. The number of amides is 1. The number of anilines is 2. The average Bonchev–Trinajstić information content (AvgIpc) is 2.57. The van der Waals surface area contributed by atoms with E-state index < -0.39 is 10.0 Å². The fraction of sp³-hybridized carbons (Fsp3) is 0.278. The molecule has 2 N–H and O–H groups in total. The lowest BCUT2D eigenvalue weighted by Crippen LogP contribution is -2.24. The molecule has 0 saturated heterocycles. The van der Waals surface area contributed by atoms with Gasteiger partial charge in [-0.05, 0) is 55.3 Å². The van der Waals surface area contributed by atoms with Gasteiger partial charge in [-0.2, -0.15) is 0 Å². The molecule has 0 atom stereocenters. The molecule has 0 heterocycles. The van der Waals surface area contributed by atoms with Crippen molar-refractivity contribution in [2.24, 2.45) is 0 Å². The Kier molecular flexibility index (Phi) is 6.44. The van der Waals surface area contributed by atoms with Gasteiger partial charge in [0.2, 0.25) is 15.9 Å². The molecule has 0 fully saturated rings. The fourth-order valence-corrected chi connectivity index (χ4v) is 3.44. The van der Waals surface area contributed by atoms with Crippen LogP contribution >= 0.6 is 15.9 Å². The summed E-state index contributed by atoms with van der Waals surface area (Å²) >= 11 is 3.42. The molecule has 0 unspecified atom stereocenters. The summed E-state index contributed by atoms with van der Waals surface area (Å²) in [6.07, 6.45) is 0. The third-order valence-electron chi connectivity index (χ3n) is 3.87. The van der Waals surface area contributed by atoms with Gasteiger partial charge in [0.05, 0.1) is 11.4 Å². The molecule has 0 aliphatic heterocycles. The number of carbonyl (C=O) groups is 1. The van der Waals surface area contributed by atoms with Gasteiger partial charge in [0.25, 0.3) is 0 Å². The molecular formula is C18H22BrN3O3S. The summed E-state index contributed by atoms with van der Waals surface area (Å²) in [5, 5.41) is 5.82. The fourth-order valence-electron chi connectivity index (χ4n) is 2.27. The minimum atomic E-state index is -3.52. The van der Waals surface area contributed by atoms with Crippen molar-refractivity contribution in [3.63, 3.8) is 0 Å². The number of nitrogens with zero attached hydrogens (tertiary/aromatic N) is 1. The molecule has 26 heavy (non-hydrogen) atoms. The molecular weight excluding hydrogens is 418 g/mol. The lowest BCUT2D eigenvalue weighted by Gasteiger charge is -2.15. The van der Waals surface area contributed by atoms with E-state index in [0.29, 0.717) is 11.4 Å². The quantitative estimate of drug-likeness (QED) is 0.722. The van der Waals surface area contributed by atoms with Gasteiger partial charge in [0, 0.05) is 29.9 Å². The van der Waals surface area contributed by atoms with Gasteiger partial charge in [0.1, 0.15) is 0 Å². The molecule has 0 saturated carbocycles. The van der Waals surface area contributed by atoms with E-state index in [0.717, 1.165) is 19.9 Å². The Morgan fingerprint density at radius 1 is 1.08 bits per heavy atom. The molecule has 0 radical (unpaired) electrons. The summed E-state index contributed by atoms with van der Waals surface area (Å²) in [6.45, 7) is 3.82. The number of sulfonamides is 1. The maximum atomic E-state index is 12.2. The van der Waals surface area contributed by atoms with Crippen LogP contribution in [-0.4, -0.2) is 39.3 Å². The van der Waals surface area contributed by atoms with Crippen LogP contribution in [0.2, 0.25) is 0 Å². The smallest absolute Gasteiger partial charge is 0.243 e. The van der Waals surface area contributed by atoms with Gasteiger partial charge in [-0.15, -0.1) is 0 Å². The maximum absolute atomic E-state index is 12.2. The Hall–Kier alpha value is -1.90. The van der Waals surface area contributed by atoms with E-state index in [1.165, 1.54) is 14.1 Å². The summed E-state index contributed by atoms with van der Waals surface area (Å²) in [7, 11) is -0.560. The highest BCUT2D eigenvalue weighted by molar-refractivity contribution is 9.10. The lowest BCUT2D eigenvalue weighted by atomic mass is 10.2. The molecule has 8 heteroatoms. The first-order valence-corrected chi connectivity index (χ1v) is 10.2. The van der Waals surface area contributed by atoms with Crippen LogP contribution in [0.15, 0.2) is 45.8 Å². The minimum absolute atomic E-state index is 0.0292. The van der Waals surface area contributed by atoms with E-state index in [1.807, 2.05) is 32.0 Å². The number of carbonyl (C=O) groups excluding carboxylic acids is 1. The van der Waals surface area contributed by atoms with E-state index in [-0.39, 0.29) is 17.3 Å². The molecule has 0 spiro atoms. The number of benzene rings is 2. The predicted molar refractivity (Wildman–Crippen MR) is 108 cm³/mol. The normalized spacial score (nSPS) is 11.5. The molecule has 0 bridgehead atoms. The Morgan fingerprint density at radius 2 is 1.77 bits per heavy atom. The molecule has 2 aromatic carbocycles. The molecule has 0 aliphatic rings. The molecule has 2 aromatic rings. The third kappa shape index (κ3) is 4.84. The molecule has 140 valence electrons. The van der Waals surface area contributed by atoms with Crippen molar-refractivity contribution in [2.45, 2.75) is 18.7 Å². The Morgan fingerprint density at radius 3 is 2.38 bits per heavy atom. The van der Waals surface area contributed by atoms with Gasteiger partial charge in [-0.3, -0.25) is 4.79 Å². The summed E-state index contributed by atoms with van der Waals surface area (Å²) in [4.78, 5) is 12.4. The zero-order chi connectivity index (χ0) is 19.5. The zero-order valence-corrected chi connectivity index (χ0v) is 17.5. The standard InChI is InChI=1S/C18H22BrN3O3S/c1-12-5-7-15(26(24,25)22(3)4)10-17(12)20-11-18(23)21-14-6-8-16(19)13(2)9-14/h5-10,20H,11H2,1-4H3,(H,21,23). The van der Waals surface area contributed by atoms with Gasteiger partial charge >= 0.3 is 0 Å². The van der Waals surface area contributed by atoms with E-state index in [1.54, 1.807) is 18.2 Å². The van der Waals surface area contributed by atoms with E-state index in [9.17, 15) is 13.2 Å². The summed E-state index contributed by atoms with van der Waals surface area (Å²) in [5.41, 5.74) is 3.19. The third-order valence-corrected chi connectivity index (χ3v) is 6.57. The van der Waals surface area contributed by atoms with Crippen LogP contribution in [0.3, 0.4) is 0 Å². The van der Waals surface area contributed by atoms with Crippen molar-refractivity contribution in [1.82, 2.24) is 4.31 Å². The number of aryl methyl sites for hydroxylation is 2.